The fourth-order valence-electron chi connectivity index (χ4n) is 2.34. The van der Waals surface area contributed by atoms with Gasteiger partial charge in [-0.25, -0.2) is 17.8 Å². The smallest absolute Gasteiger partial charge is 0.272 e. The van der Waals surface area contributed by atoms with E-state index in [-0.39, 0.29) is 28.7 Å². The van der Waals surface area contributed by atoms with Crippen LogP contribution in [-0.4, -0.2) is 34.5 Å². The molecule has 7 nitrogen and oxygen atoms in total. The van der Waals surface area contributed by atoms with E-state index in [1.165, 1.54) is 13.8 Å². The van der Waals surface area contributed by atoms with Crippen LogP contribution in [0.2, 0.25) is 0 Å². The Morgan fingerprint density at radius 3 is 2.57 bits per heavy atom. The molecule has 0 fully saturated rings. The van der Waals surface area contributed by atoms with Gasteiger partial charge in [-0.3, -0.25) is 4.68 Å². The maximum Gasteiger partial charge on any atom is 0.333 e. The normalized spacial score (nSPS) is 13.7. The van der Waals surface area contributed by atoms with E-state index in [1.807, 2.05) is 6.92 Å². The van der Waals surface area contributed by atoms with Gasteiger partial charge in [-0.1, -0.05) is 6.92 Å². The molecule has 0 spiro atoms. The summed E-state index contributed by atoms with van der Waals surface area (Å²) in [7, 11) is -3.90. The minimum atomic E-state index is -3.90. The highest BCUT2D eigenvalue weighted by Gasteiger charge is 2.27. The third kappa shape index (κ3) is 3.94. The van der Waals surface area contributed by atoms with Crippen LogP contribution in [0, 0.1) is 19.8 Å². The number of hydrogen-bond acceptors (Lipinski definition) is 4. The first-order chi connectivity index (χ1) is 10.7. The van der Waals surface area contributed by atoms with Crippen LogP contribution >= 0.6 is 0 Å². The van der Waals surface area contributed by atoms with Crippen LogP contribution < -0.4 is 4.72 Å². The molecule has 0 radical (unpaired) electrons. The Kier molecular flexibility index (Phi) is 5.15. The van der Waals surface area contributed by atoms with E-state index in [4.69, 9.17) is 0 Å². The predicted molar refractivity (Wildman–Crippen MR) is 79.5 cm³/mol. The van der Waals surface area contributed by atoms with Crippen molar-refractivity contribution in [1.82, 2.24) is 24.3 Å². The van der Waals surface area contributed by atoms with Gasteiger partial charge in [0.2, 0.25) is 10.0 Å². The van der Waals surface area contributed by atoms with Gasteiger partial charge < -0.3 is 0 Å². The predicted octanol–water partition coefficient (Wildman–Crippen LogP) is 1.71. The average molecular weight is 347 g/mol. The molecule has 0 saturated heterocycles. The molecular weight excluding hydrogens is 328 g/mol. The number of aryl methyl sites for hydroxylation is 1. The molecule has 1 atom stereocenters. The number of nitrogens with zero attached hydrogens (tertiary/aromatic N) is 4. The van der Waals surface area contributed by atoms with Crippen molar-refractivity contribution in [2.75, 3.05) is 6.54 Å². The molecule has 2 rings (SSSR count). The molecule has 0 aliphatic rings. The van der Waals surface area contributed by atoms with Gasteiger partial charge in [0, 0.05) is 25.5 Å². The van der Waals surface area contributed by atoms with E-state index in [0.717, 1.165) is 0 Å². The maximum absolute atomic E-state index is 12.8. The topological polar surface area (TPSA) is 81.8 Å². The Hall–Kier alpha value is -1.81. The summed E-state index contributed by atoms with van der Waals surface area (Å²) in [6, 6.07) is 1.78. The number of nitrogens with one attached hydrogen (secondary N) is 1. The standard InChI is InChI=1S/C13H19F2N5O2S/c1-9(8-19-6-4-5-16-19)7-17-23(21,22)12-10(2)18-20(11(12)3)13(14)15/h4-6,9,13,17H,7-8H2,1-3H3/t9-/m1/s1. The number of sulfonamides is 1. The molecule has 2 aromatic rings. The lowest BCUT2D eigenvalue weighted by Crippen LogP contribution is -2.31. The van der Waals surface area contributed by atoms with Gasteiger partial charge in [0.25, 0.3) is 0 Å². The first-order valence-corrected chi connectivity index (χ1v) is 8.51. The fraction of sp³-hybridized carbons (Fsp3) is 0.538. The zero-order valence-electron chi connectivity index (χ0n) is 13.1. The highest BCUT2D eigenvalue weighted by atomic mass is 32.2. The number of halogens is 2. The van der Waals surface area contributed by atoms with Crippen molar-refractivity contribution in [3.63, 3.8) is 0 Å². The van der Waals surface area contributed by atoms with E-state index >= 15 is 0 Å². The monoisotopic (exact) mass is 347 g/mol. The van der Waals surface area contributed by atoms with Gasteiger partial charge in [0.15, 0.2) is 0 Å². The van der Waals surface area contributed by atoms with Crippen LogP contribution in [0.3, 0.4) is 0 Å². The molecule has 128 valence electrons. The molecule has 0 aromatic carbocycles. The highest BCUT2D eigenvalue weighted by molar-refractivity contribution is 7.89. The number of rotatable bonds is 7. The molecule has 2 heterocycles. The summed E-state index contributed by atoms with van der Waals surface area (Å²) in [4.78, 5) is -0.191. The van der Waals surface area contributed by atoms with E-state index in [2.05, 4.69) is 14.9 Å². The van der Waals surface area contributed by atoms with Gasteiger partial charge in [-0.15, -0.1) is 0 Å². The zero-order chi connectivity index (χ0) is 17.2. The van der Waals surface area contributed by atoms with Crippen LogP contribution in [0.1, 0.15) is 24.9 Å². The average Bonchev–Trinajstić information content (AvgIpc) is 3.04. The van der Waals surface area contributed by atoms with E-state index in [1.54, 1.807) is 23.1 Å². The Balaban J connectivity index is 2.10. The summed E-state index contributed by atoms with van der Waals surface area (Å²) >= 11 is 0. The van der Waals surface area contributed by atoms with Crippen molar-refractivity contribution in [3.8, 4) is 0 Å². The zero-order valence-corrected chi connectivity index (χ0v) is 13.9. The second kappa shape index (κ2) is 6.75. The SMILES string of the molecule is Cc1nn(C(F)F)c(C)c1S(=O)(=O)NC[C@@H](C)Cn1cccn1. The summed E-state index contributed by atoms with van der Waals surface area (Å²) in [5, 5.41) is 7.65. The number of alkyl halides is 2. The molecular formula is C13H19F2N5O2S. The largest absolute Gasteiger partial charge is 0.333 e. The summed E-state index contributed by atoms with van der Waals surface area (Å²) in [5.74, 6) is -0.0181. The van der Waals surface area contributed by atoms with Crippen LogP contribution in [0.5, 0.6) is 0 Å². The summed E-state index contributed by atoms with van der Waals surface area (Å²) in [5.41, 5.74) is -0.0280. The molecule has 0 aliphatic heterocycles. The minimum absolute atomic E-state index is 0.0181. The molecule has 0 aliphatic carbocycles. The van der Waals surface area contributed by atoms with Gasteiger partial charge in [-0.05, 0) is 25.8 Å². The van der Waals surface area contributed by atoms with Crippen molar-refractivity contribution in [3.05, 3.63) is 29.8 Å². The van der Waals surface area contributed by atoms with Crippen LogP contribution in [0.25, 0.3) is 0 Å². The number of aromatic nitrogens is 4. The molecule has 0 amide bonds. The second-order valence-corrected chi connectivity index (χ2v) is 7.11. The quantitative estimate of drug-likeness (QED) is 0.827. The lowest BCUT2D eigenvalue weighted by Gasteiger charge is -2.13. The van der Waals surface area contributed by atoms with Crippen molar-refractivity contribution < 1.29 is 17.2 Å². The van der Waals surface area contributed by atoms with E-state index in [0.29, 0.717) is 11.2 Å². The van der Waals surface area contributed by atoms with Crippen molar-refractivity contribution in [2.45, 2.75) is 38.8 Å². The Morgan fingerprint density at radius 2 is 2.04 bits per heavy atom. The molecule has 0 saturated carbocycles. The maximum atomic E-state index is 12.8. The lowest BCUT2D eigenvalue weighted by atomic mass is 10.2. The van der Waals surface area contributed by atoms with Gasteiger partial charge in [-0.2, -0.15) is 19.0 Å². The van der Waals surface area contributed by atoms with Crippen molar-refractivity contribution >= 4 is 10.0 Å². The van der Waals surface area contributed by atoms with E-state index < -0.39 is 16.6 Å². The second-order valence-electron chi connectivity index (χ2n) is 5.41. The molecule has 2 aromatic heterocycles. The van der Waals surface area contributed by atoms with Gasteiger partial charge >= 0.3 is 6.55 Å². The Labute approximate surface area is 133 Å². The Bertz CT molecular complexity index is 756. The molecule has 0 unspecified atom stereocenters. The van der Waals surface area contributed by atoms with E-state index in [9.17, 15) is 17.2 Å². The molecule has 0 bridgehead atoms. The fourth-order valence-corrected chi connectivity index (χ4v) is 3.90. The Morgan fingerprint density at radius 1 is 1.35 bits per heavy atom. The minimum Gasteiger partial charge on any atom is -0.272 e. The first-order valence-electron chi connectivity index (χ1n) is 7.03. The number of hydrogen-bond donors (Lipinski definition) is 1. The van der Waals surface area contributed by atoms with Crippen LogP contribution in [0.4, 0.5) is 8.78 Å². The van der Waals surface area contributed by atoms with Gasteiger partial charge in [0.05, 0.1) is 11.4 Å². The van der Waals surface area contributed by atoms with Crippen molar-refractivity contribution in [2.24, 2.45) is 5.92 Å². The van der Waals surface area contributed by atoms with Crippen LogP contribution in [0.15, 0.2) is 23.4 Å². The third-order valence-electron chi connectivity index (χ3n) is 3.39. The molecule has 23 heavy (non-hydrogen) atoms. The summed E-state index contributed by atoms with van der Waals surface area (Å²) in [6.45, 7) is 2.41. The highest BCUT2D eigenvalue weighted by Crippen LogP contribution is 2.23. The third-order valence-corrected chi connectivity index (χ3v) is 5.07. The summed E-state index contributed by atoms with van der Waals surface area (Å²) < 4.78 is 55.0. The lowest BCUT2D eigenvalue weighted by molar-refractivity contribution is 0.0538. The molecule has 10 heteroatoms. The summed E-state index contributed by atoms with van der Waals surface area (Å²) in [6.07, 6.45) is 3.42. The first kappa shape index (κ1) is 17.5. The van der Waals surface area contributed by atoms with Crippen LogP contribution in [-0.2, 0) is 16.6 Å². The van der Waals surface area contributed by atoms with Crippen molar-refractivity contribution in [1.29, 1.82) is 0 Å². The van der Waals surface area contributed by atoms with Gasteiger partial charge in [0.1, 0.15) is 4.90 Å². The molecule has 1 N–H and O–H groups in total.